The van der Waals surface area contributed by atoms with Crippen molar-refractivity contribution in [3.8, 4) is 5.88 Å². The SMILES string of the molecule is CC.COc1ccc(N=C(N)CC(=O)c2ccc(F)cc2)cn1. The van der Waals surface area contributed by atoms with Gasteiger partial charge in [-0.25, -0.2) is 14.4 Å². The molecule has 2 rings (SSSR count). The van der Waals surface area contributed by atoms with Crippen molar-refractivity contribution in [1.82, 2.24) is 4.98 Å². The molecule has 0 bridgehead atoms. The third kappa shape index (κ3) is 5.86. The van der Waals surface area contributed by atoms with Crippen LogP contribution in [0, 0.1) is 5.82 Å². The fourth-order valence-corrected chi connectivity index (χ4v) is 1.67. The van der Waals surface area contributed by atoms with Gasteiger partial charge < -0.3 is 10.5 Å². The summed E-state index contributed by atoms with van der Waals surface area (Å²) in [4.78, 5) is 20.0. The number of halogens is 1. The lowest BCUT2D eigenvalue weighted by Gasteiger charge is -2.02. The maximum Gasteiger partial charge on any atom is 0.213 e. The Morgan fingerprint density at radius 2 is 1.87 bits per heavy atom. The van der Waals surface area contributed by atoms with E-state index < -0.39 is 5.82 Å². The number of pyridine rings is 1. The Labute approximate surface area is 135 Å². The van der Waals surface area contributed by atoms with Gasteiger partial charge in [0, 0.05) is 11.6 Å². The van der Waals surface area contributed by atoms with Crippen molar-refractivity contribution in [1.29, 1.82) is 0 Å². The van der Waals surface area contributed by atoms with Gasteiger partial charge in [-0.1, -0.05) is 13.8 Å². The van der Waals surface area contributed by atoms with Gasteiger partial charge >= 0.3 is 0 Å². The number of aliphatic imine (C=N–C) groups is 1. The molecular formula is C17H20FN3O2. The first-order valence-corrected chi connectivity index (χ1v) is 7.20. The van der Waals surface area contributed by atoms with Crippen molar-refractivity contribution in [2.75, 3.05) is 7.11 Å². The molecule has 0 amide bonds. The fourth-order valence-electron chi connectivity index (χ4n) is 1.67. The van der Waals surface area contributed by atoms with Crippen LogP contribution in [0.15, 0.2) is 47.6 Å². The maximum absolute atomic E-state index is 12.8. The van der Waals surface area contributed by atoms with Crippen molar-refractivity contribution < 1.29 is 13.9 Å². The number of ketones is 1. The van der Waals surface area contributed by atoms with Gasteiger partial charge in [-0.05, 0) is 30.3 Å². The summed E-state index contributed by atoms with van der Waals surface area (Å²) in [6, 6.07) is 8.62. The van der Waals surface area contributed by atoms with Gasteiger partial charge in [0.15, 0.2) is 5.78 Å². The molecule has 0 aliphatic rings. The van der Waals surface area contributed by atoms with E-state index in [4.69, 9.17) is 10.5 Å². The predicted molar refractivity (Wildman–Crippen MR) is 88.8 cm³/mol. The second-order valence-electron chi connectivity index (χ2n) is 4.27. The largest absolute Gasteiger partial charge is 0.481 e. The Kier molecular flexibility index (Phi) is 7.39. The van der Waals surface area contributed by atoms with Gasteiger partial charge in [-0.3, -0.25) is 4.79 Å². The highest BCUT2D eigenvalue weighted by Gasteiger charge is 2.08. The van der Waals surface area contributed by atoms with E-state index in [1.165, 1.54) is 37.6 Å². The Bertz CT molecular complexity index is 653. The zero-order chi connectivity index (χ0) is 17.2. The zero-order valence-corrected chi connectivity index (χ0v) is 13.4. The molecule has 0 atom stereocenters. The standard InChI is InChI=1S/C15H14FN3O2.C2H6/c1-21-15-7-6-12(9-18-15)19-14(17)8-13(20)10-2-4-11(16)5-3-10;1-2/h2-7,9H,8H2,1H3,(H2,17,19);1-2H3. The molecule has 0 aliphatic heterocycles. The van der Waals surface area contributed by atoms with Crippen LogP contribution in [-0.4, -0.2) is 23.7 Å². The van der Waals surface area contributed by atoms with E-state index in [0.29, 0.717) is 17.1 Å². The lowest BCUT2D eigenvalue weighted by atomic mass is 10.1. The number of aromatic nitrogens is 1. The minimum absolute atomic E-state index is 0.0440. The number of carbonyl (C=O) groups excluding carboxylic acids is 1. The third-order valence-electron chi connectivity index (χ3n) is 2.71. The van der Waals surface area contributed by atoms with Gasteiger partial charge in [-0.2, -0.15) is 0 Å². The van der Waals surface area contributed by atoms with E-state index in [2.05, 4.69) is 9.98 Å². The molecule has 5 nitrogen and oxygen atoms in total. The Hall–Kier alpha value is -2.76. The molecule has 0 radical (unpaired) electrons. The molecule has 0 unspecified atom stereocenters. The second-order valence-corrected chi connectivity index (χ2v) is 4.27. The number of rotatable bonds is 5. The van der Waals surface area contributed by atoms with Crippen LogP contribution in [0.3, 0.4) is 0 Å². The molecule has 23 heavy (non-hydrogen) atoms. The first-order chi connectivity index (χ1) is 11.1. The Morgan fingerprint density at radius 1 is 1.22 bits per heavy atom. The number of nitrogens with two attached hydrogens (primary N) is 1. The molecule has 1 aromatic carbocycles. The lowest BCUT2D eigenvalue weighted by Crippen LogP contribution is -2.16. The molecular weight excluding hydrogens is 297 g/mol. The van der Waals surface area contributed by atoms with Crippen LogP contribution in [-0.2, 0) is 0 Å². The smallest absolute Gasteiger partial charge is 0.213 e. The summed E-state index contributed by atoms with van der Waals surface area (Å²) >= 11 is 0. The number of nitrogens with zero attached hydrogens (tertiary/aromatic N) is 2. The van der Waals surface area contributed by atoms with Crippen molar-refractivity contribution in [3.63, 3.8) is 0 Å². The number of amidine groups is 1. The summed E-state index contributed by atoms with van der Waals surface area (Å²) in [6.07, 6.45) is 1.45. The average molecular weight is 317 g/mol. The van der Waals surface area contributed by atoms with Crippen molar-refractivity contribution in [3.05, 3.63) is 54.0 Å². The van der Waals surface area contributed by atoms with Gasteiger partial charge in [0.1, 0.15) is 11.7 Å². The summed E-state index contributed by atoms with van der Waals surface area (Å²) < 4.78 is 17.7. The van der Waals surface area contributed by atoms with Crippen LogP contribution >= 0.6 is 0 Å². The summed E-state index contributed by atoms with van der Waals surface area (Å²) in [5, 5.41) is 0. The molecule has 6 heteroatoms. The number of hydrogen-bond donors (Lipinski definition) is 1. The summed E-state index contributed by atoms with van der Waals surface area (Å²) in [5.41, 5.74) is 6.66. The van der Waals surface area contributed by atoms with E-state index in [-0.39, 0.29) is 18.0 Å². The minimum Gasteiger partial charge on any atom is -0.481 e. The topological polar surface area (TPSA) is 77.6 Å². The van der Waals surface area contributed by atoms with Gasteiger partial charge in [-0.15, -0.1) is 0 Å². The monoisotopic (exact) mass is 317 g/mol. The van der Waals surface area contributed by atoms with Gasteiger partial charge in [0.2, 0.25) is 5.88 Å². The Balaban J connectivity index is 0.00000127. The summed E-state index contributed by atoms with van der Waals surface area (Å²) in [5.74, 6) is 0.0152. The number of Topliss-reactive ketones (excluding diaryl/α,β-unsaturated/α-hetero) is 1. The number of carbonyl (C=O) groups is 1. The van der Waals surface area contributed by atoms with Crippen LogP contribution in [0.5, 0.6) is 5.88 Å². The summed E-state index contributed by atoms with van der Waals surface area (Å²) in [7, 11) is 1.51. The second kappa shape index (κ2) is 9.30. The maximum atomic E-state index is 12.8. The predicted octanol–water partition coefficient (Wildman–Crippen LogP) is 3.52. The average Bonchev–Trinajstić information content (AvgIpc) is 2.58. The molecule has 0 spiro atoms. The number of benzene rings is 1. The van der Waals surface area contributed by atoms with Crippen molar-refractivity contribution in [2.45, 2.75) is 20.3 Å². The number of hydrogen-bond acceptors (Lipinski definition) is 4. The highest BCUT2D eigenvalue weighted by atomic mass is 19.1. The lowest BCUT2D eigenvalue weighted by molar-refractivity contribution is 0.100. The molecule has 0 fully saturated rings. The number of methoxy groups -OCH3 is 1. The van der Waals surface area contributed by atoms with Crippen LogP contribution in [0.25, 0.3) is 0 Å². The first-order valence-electron chi connectivity index (χ1n) is 7.20. The van der Waals surface area contributed by atoms with Crippen molar-refractivity contribution in [2.24, 2.45) is 10.7 Å². The number of ether oxygens (including phenoxy) is 1. The van der Waals surface area contributed by atoms with Gasteiger partial charge in [0.25, 0.3) is 0 Å². The summed E-state index contributed by atoms with van der Waals surface area (Å²) in [6.45, 7) is 4.00. The molecule has 122 valence electrons. The normalized spacial score (nSPS) is 10.5. The Morgan fingerprint density at radius 3 is 2.39 bits per heavy atom. The third-order valence-corrected chi connectivity index (χ3v) is 2.71. The molecule has 1 aromatic heterocycles. The fraction of sp³-hybridized carbons (Fsp3) is 0.235. The van der Waals surface area contributed by atoms with E-state index in [0.717, 1.165) is 0 Å². The quantitative estimate of drug-likeness (QED) is 0.520. The highest BCUT2D eigenvalue weighted by Crippen LogP contribution is 2.14. The first kappa shape index (κ1) is 18.3. The van der Waals surface area contributed by atoms with E-state index >= 15 is 0 Å². The van der Waals surface area contributed by atoms with Gasteiger partial charge in [0.05, 0.1) is 25.4 Å². The minimum atomic E-state index is -0.391. The van der Waals surface area contributed by atoms with E-state index in [9.17, 15) is 9.18 Å². The van der Waals surface area contributed by atoms with E-state index in [1.807, 2.05) is 13.8 Å². The molecule has 1 heterocycles. The molecule has 2 N–H and O–H groups in total. The van der Waals surface area contributed by atoms with Crippen LogP contribution in [0.1, 0.15) is 30.6 Å². The van der Waals surface area contributed by atoms with E-state index in [1.54, 1.807) is 12.1 Å². The highest BCUT2D eigenvalue weighted by molar-refractivity contribution is 6.09. The molecule has 0 saturated carbocycles. The van der Waals surface area contributed by atoms with Crippen molar-refractivity contribution >= 4 is 17.3 Å². The molecule has 2 aromatic rings. The molecule has 0 aliphatic carbocycles. The zero-order valence-electron chi connectivity index (χ0n) is 13.4. The van der Waals surface area contributed by atoms with Crippen LogP contribution < -0.4 is 10.5 Å². The molecule has 0 saturated heterocycles. The van der Waals surface area contributed by atoms with Crippen LogP contribution in [0.4, 0.5) is 10.1 Å². The van der Waals surface area contributed by atoms with Crippen LogP contribution in [0.2, 0.25) is 0 Å².